The van der Waals surface area contributed by atoms with E-state index >= 15 is 0 Å². The number of amides is 1. The minimum Gasteiger partial charge on any atom is -0.411 e. The number of aromatic nitrogens is 3. The molecule has 26 heavy (non-hydrogen) atoms. The molecule has 3 rings (SSSR count). The first-order chi connectivity index (χ1) is 12.6. The van der Waals surface area contributed by atoms with Crippen molar-refractivity contribution in [3.63, 3.8) is 0 Å². The Balaban J connectivity index is 1.61. The van der Waals surface area contributed by atoms with Gasteiger partial charge in [0.05, 0.1) is 5.75 Å². The van der Waals surface area contributed by atoms with Gasteiger partial charge in [-0.2, -0.15) is 0 Å². The summed E-state index contributed by atoms with van der Waals surface area (Å²) in [5.74, 6) is 0.716. The van der Waals surface area contributed by atoms with Crippen LogP contribution in [0.3, 0.4) is 0 Å². The van der Waals surface area contributed by atoms with Crippen molar-refractivity contribution in [2.75, 3.05) is 5.75 Å². The SMILES string of the molecule is CC(C)N(Cc1ccccc1)C(=O)CSc1nnc(-c2ccncc2)o1. The molecule has 0 fully saturated rings. The van der Waals surface area contributed by atoms with E-state index in [-0.39, 0.29) is 17.7 Å². The second-order valence-electron chi connectivity index (χ2n) is 6.00. The van der Waals surface area contributed by atoms with E-state index < -0.39 is 0 Å². The second-order valence-corrected chi connectivity index (χ2v) is 6.93. The van der Waals surface area contributed by atoms with Crippen molar-refractivity contribution in [3.05, 3.63) is 60.4 Å². The van der Waals surface area contributed by atoms with Crippen LogP contribution in [0.1, 0.15) is 19.4 Å². The molecule has 7 heteroatoms. The van der Waals surface area contributed by atoms with Crippen molar-refractivity contribution < 1.29 is 9.21 Å². The average molecular weight is 368 g/mol. The number of hydrogen-bond donors (Lipinski definition) is 0. The number of thioether (sulfide) groups is 1. The number of carbonyl (C=O) groups is 1. The summed E-state index contributed by atoms with van der Waals surface area (Å²) in [6.07, 6.45) is 3.33. The molecule has 0 saturated carbocycles. The lowest BCUT2D eigenvalue weighted by Crippen LogP contribution is -2.37. The maximum absolute atomic E-state index is 12.6. The van der Waals surface area contributed by atoms with E-state index in [1.807, 2.05) is 49.1 Å². The summed E-state index contributed by atoms with van der Waals surface area (Å²) in [4.78, 5) is 18.5. The molecular formula is C19H20N4O2S. The van der Waals surface area contributed by atoms with Crippen LogP contribution in [-0.4, -0.2) is 37.8 Å². The molecule has 1 aromatic carbocycles. The Morgan fingerprint density at radius 3 is 2.54 bits per heavy atom. The molecule has 0 spiro atoms. The minimum atomic E-state index is 0.0394. The fraction of sp³-hybridized carbons (Fsp3) is 0.263. The number of pyridine rings is 1. The zero-order chi connectivity index (χ0) is 18.4. The zero-order valence-corrected chi connectivity index (χ0v) is 15.5. The Bertz CT molecular complexity index is 837. The number of nitrogens with zero attached hydrogens (tertiary/aromatic N) is 4. The number of benzene rings is 1. The van der Waals surface area contributed by atoms with E-state index in [4.69, 9.17) is 4.42 Å². The topological polar surface area (TPSA) is 72.1 Å². The number of carbonyl (C=O) groups excluding carboxylic acids is 1. The van der Waals surface area contributed by atoms with Crippen molar-refractivity contribution >= 4 is 17.7 Å². The van der Waals surface area contributed by atoms with Crippen molar-refractivity contribution in [2.45, 2.75) is 31.7 Å². The first-order valence-corrected chi connectivity index (χ1v) is 9.32. The lowest BCUT2D eigenvalue weighted by Gasteiger charge is -2.26. The summed E-state index contributed by atoms with van der Waals surface area (Å²) in [5.41, 5.74) is 1.91. The van der Waals surface area contributed by atoms with Crippen molar-refractivity contribution in [1.82, 2.24) is 20.1 Å². The monoisotopic (exact) mass is 368 g/mol. The van der Waals surface area contributed by atoms with Crippen LogP contribution in [-0.2, 0) is 11.3 Å². The third-order valence-corrected chi connectivity index (χ3v) is 4.60. The highest BCUT2D eigenvalue weighted by molar-refractivity contribution is 7.99. The molecular weight excluding hydrogens is 348 g/mol. The fourth-order valence-electron chi connectivity index (χ4n) is 2.42. The van der Waals surface area contributed by atoms with Gasteiger partial charge in [-0.3, -0.25) is 9.78 Å². The van der Waals surface area contributed by atoms with Crippen LogP contribution >= 0.6 is 11.8 Å². The van der Waals surface area contributed by atoms with Gasteiger partial charge in [0.25, 0.3) is 5.22 Å². The minimum absolute atomic E-state index is 0.0394. The Hall–Kier alpha value is -2.67. The van der Waals surface area contributed by atoms with Gasteiger partial charge in [-0.25, -0.2) is 0 Å². The molecule has 6 nitrogen and oxygen atoms in total. The molecule has 0 aliphatic carbocycles. The van der Waals surface area contributed by atoms with Gasteiger partial charge in [-0.05, 0) is 31.5 Å². The molecule has 0 aliphatic heterocycles. The molecule has 1 amide bonds. The third kappa shape index (κ3) is 4.70. The Morgan fingerprint density at radius 1 is 1.12 bits per heavy atom. The Morgan fingerprint density at radius 2 is 1.85 bits per heavy atom. The molecule has 0 atom stereocenters. The van der Waals surface area contributed by atoms with Crippen molar-refractivity contribution in [2.24, 2.45) is 0 Å². The van der Waals surface area contributed by atoms with Gasteiger partial charge in [0.2, 0.25) is 11.8 Å². The van der Waals surface area contributed by atoms with E-state index in [2.05, 4.69) is 15.2 Å². The highest BCUT2D eigenvalue weighted by Gasteiger charge is 2.19. The molecule has 2 aromatic heterocycles. The standard InChI is InChI=1S/C19H20N4O2S/c1-14(2)23(12-15-6-4-3-5-7-15)17(24)13-26-19-22-21-18(25-19)16-8-10-20-11-9-16/h3-11,14H,12-13H2,1-2H3. The summed E-state index contributed by atoms with van der Waals surface area (Å²) in [5, 5.41) is 8.41. The van der Waals surface area contributed by atoms with Gasteiger partial charge >= 0.3 is 0 Å². The first-order valence-electron chi connectivity index (χ1n) is 8.33. The van der Waals surface area contributed by atoms with Gasteiger partial charge in [0.1, 0.15) is 0 Å². The average Bonchev–Trinajstić information content (AvgIpc) is 3.14. The molecule has 0 bridgehead atoms. The number of hydrogen-bond acceptors (Lipinski definition) is 6. The predicted molar refractivity (Wildman–Crippen MR) is 100 cm³/mol. The molecule has 0 radical (unpaired) electrons. The zero-order valence-electron chi connectivity index (χ0n) is 14.7. The van der Waals surface area contributed by atoms with Crippen LogP contribution in [0.15, 0.2) is 64.5 Å². The number of rotatable bonds is 7. The van der Waals surface area contributed by atoms with Crippen LogP contribution in [0.25, 0.3) is 11.5 Å². The maximum Gasteiger partial charge on any atom is 0.277 e. The highest BCUT2D eigenvalue weighted by Crippen LogP contribution is 2.23. The molecule has 0 aliphatic rings. The van der Waals surface area contributed by atoms with E-state index in [1.54, 1.807) is 24.5 Å². The summed E-state index contributed by atoms with van der Waals surface area (Å²) >= 11 is 1.25. The Kier molecular flexibility index (Phi) is 6.01. The molecule has 0 N–H and O–H groups in total. The lowest BCUT2D eigenvalue weighted by molar-refractivity contribution is -0.130. The van der Waals surface area contributed by atoms with Gasteiger partial charge in [0, 0.05) is 30.5 Å². The highest BCUT2D eigenvalue weighted by atomic mass is 32.2. The van der Waals surface area contributed by atoms with Gasteiger partial charge in [0.15, 0.2) is 0 Å². The van der Waals surface area contributed by atoms with Gasteiger partial charge < -0.3 is 9.32 Å². The summed E-state index contributed by atoms with van der Waals surface area (Å²) < 4.78 is 5.62. The van der Waals surface area contributed by atoms with Crippen molar-refractivity contribution in [3.8, 4) is 11.5 Å². The first kappa shape index (κ1) is 18.1. The van der Waals surface area contributed by atoms with Gasteiger partial charge in [-0.15, -0.1) is 10.2 Å². The predicted octanol–water partition coefficient (Wildman–Crippen LogP) is 3.66. The van der Waals surface area contributed by atoms with E-state index in [9.17, 15) is 4.79 Å². The lowest BCUT2D eigenvalue weighted by atomic mass is 10.2. The molecule has 134 valence electrons. The van der Waals surface area contributed by atoms with Crippen LogP contribution in [0.5, 0.6) is 0 Å². The van der Waals surface area contributed by atoms with Crippen LogP contribution in [0.2, 0.25) is 0 Å². The van der Waals surface area contributed by atoms with E-state index in [0.717, 1.165) is 11.1 Å². The largest absolute Gasteiger partial charge is 0.411 e. The maximum atomic E-state index is 12.6. The molecule has 3 aromatic rings. The third-order valence-electron chi connectivity index (χ3n) is 3.79. The van der Waals surface area contributed by atoms with E-state index in [0.29, 0.717) is 17.7 Å². The van der Waals surface area contributed by atoms with Crippen LogP contribution in [0, 0.1) is 0 Å². The Labute approximate surface area is 156 Å². The van der Waals surface area contributed by atoms with E-state index in [1.165, 1.54) is 11.8 Å². The summed E-state index contributed by atoms with van der Waals surface area (Å²) in [6.45, 7) is 4.61. The quantitative estimate of drug-likeness (QED) is 0.593. The normalized spacial score (nSPS) is 10.9. The molecule has 0 unspecified atom stereocenters. The van der Waals surface area contributed by atoms with Crippen LogP contribution < -0.4 is 0 Å². The molecule has 0 saturated heterocycles. The fourth-order valence-corrected chi connectivity index (χ4v) is 3.07. The smallest absolute Gasteiger partial charge is 0.277 e. The van der Waals surface area contributed by atoms with Crippen molar-refractivity contribution in [1.29, 1.82) is 0 Å². The van der Waals surface area contributed by atoms with Crippen LogP contribution in [0.4, 0.5) is 0 Å². The summed E-state index contributed by atoms with van der Waals surface area (Å²) in [6, 6.07) is 13.7. The van der Waals surface area contributed by atoms with Gasteiger partial charge in [-0.1, -0.05) is 42.1 Å². The molecule has 2 heterocycles. The second kappa shape index (κ2) is 8.62. The summed E-state index contributed by atoms with van der Waals surface area (Å²) in [7, 11) is 0.